The van der Waals surface area contributed by atoms with Crippen molar-refractivity contribution in [3.63, 3.8) is 0 Å². The Balaban J connectivity index is 2.66. The van der Waals surface area contributed by atoms with E-state index in [2.05, 4.69) is 0 Å². The number of carboxylic acids is 1. The van der Waals surface area contributed by atoms with E-state index in [0.717, 1.165) is 0 Å². The highest BCUT2D eigenvalue weighted by Gasteiger charge is 2.12. The maximum Gasteiger partial charge on any atom is 0.303 e. The van der Waals surface area contributed by atoms with E-state index in [4.69, 9.17) is 19.3 Å². The van der Waals surface area contributed by atoms with Crippen LogP contribution in [-0.4, -0.2) is 38.2 Å². The number of hydrogen-bond donors (Lipinski definition) is 1. The van der Waals surface area contributed by atoms with E-state index in [9.17, 15) is 9.59 Å². The average Bonchev–Trinajstić information content (AvgIpc) is 2.45. The van der Waals surface area contributed by atoms with Crippen LogP contribution < -0.4 is 14.2 Å². The van der Waals surface area contributed by atoms with Crippen molar-refractivity contribution in [1.29, 1.82) is 0 Å². The lowest BCUT2D eigenvalue weighted by molar-refractivity contribution is -0.137. The molecule has 0 aliphatic heterocycles. The predicted octanol–water partition coefficient (Wildman–Crippen LogP) is 2.15. The first-order chi connectivity index (χ1) is 9.62. The fourth-order valence-corrected chi connectivity index (χ4v) is 1.68. The maximum atomic E-state index is 11.0. The fraction of sp³-hybridized carbons (Fsp3) is 0.429. The van der Waals surface area contributed by atoms with Crippen LogP contribution in [0.25, 0.3) is 0 Å². The summed E-state index contributed by atoms with van der Waals surface area (Å²) >= 11 is 0. The van der Waals surface area contributed by atoms with Crippen LogP contribution in [0.5, 0.6) is 17.2 Å². The Labute approximate surface area is 117 Å². The lowest BCUT2D eigenvalue weighted by atomic mass is 10.2. The third-order valence-electron chi connectivity index (χ3n) is 2.69. The first kappa shape index (κ1) is 15.8. The van der Waals surface area contributed by atoms with Gasteiger partial charge in [-0.3, -0.25) is 9.59 Å². The average molecular weight is 282 g/mol. The molecule has 0 radical (unpaired) electrons. The van der Waals surface area contributed by atoms with Gasteiger partial charge in [0.25, 0.3) is 0 Å². The number of hydrogen-bond acceptors (Lipinski definition) is 5. The molecule has 0 unspecified atom stereocenters. The van der Waals surface area contributed by atoms with Crippen molar-refractivity contribution < 1.29 is 28.9 Å². The van der Waals surface area contributed by atoms with Crippen LogP contribution in [0.1, 0.15) is 29.6 Å². The fourth-order valence-electron chi connectivity index (χ4n) is 1.68. The van der Waals surface area contributed by atoms with Crippen molar-refractivity contribution in [1.82, 2.24) is 0 Å². The molecule has 6 nitrogen and oxygen atoms in total. The number of carbonyl (C=O) groups excluding carboxylic acids is 1. The lowest BCUT2D eigenvalue weighted by Gasteiger charge is -2.12. The molecule has 0 heterocycles. The van der Waals surface area contributed by atoms with Crippen molar-refractivity contribution >= 4 is 12.3 Å². The van der Waals surface area contributed by atoms with E-state index in [1.165, 1.54) is 14.2 Å². The molecule has 1 N–H and O–H groups in total. The molecule has 20 heavy (non-hydrogen) atoms. The summed E-state index contributed by atoms with van der Waals surface area (Å²) < 4.78 is 15.7. The molecule has 0 atom stereocenters. The highest BCUT2D eigenvalue weighted by molar-refractivity contribution is 5.84. The molecule has 0 amide bonds. The molecule has 0 bridgehead atoms. The highest BCUT2D eigenvalue weighted by atomic mass is 16.5. The minimum absolute atomic E-state index is 0.125. The third kappa shape index (κ3) is 4.46. The summed E-state index contributed by atoms with van der Waals surface area (Å²) in [7, 11) is 2.91. The Morgan fingerprint density at radius 1 is 1.20 bits per heavy atom. The van der Waals surface area contributed by atoms with E-state index in [1.807, 2.05) is 0 Å². The number of methoxy groups -OCH3 is 2. The van der Waals surface area contributed by atoms with Gasteiger partial charge in [-0.25, -0.2) is 0 Å². The number of aldehydes is 1. The molecule has 0 aromatic heterocycles. The van der Waals surface area contributed by atoms with Crippen molar-refractivity contribution in [3.05, 3.63) is 17.7 Å². The van der Waals surface area contributed by atoms with Gasteiger partial charge < -0.3 is 19.3 Å². The first-order valence-corrected chi connectivity index (χ1v) is 6.18. The summed E-state index contributed by atoms with van der Waals surface area (Å²) in [6.07, 6.45) is 1.97. The Morgan fingerprint density at radius 2 is 1.80 bits per heavy atom. The van der Waals surface area contributed by atoms with Crippen LogP contribution in [0.2, 0.25) is 0 Å². The second-order valence-corrected chi connectivity index (χ2v) is 4.06. The SMILES string of the molecule is COc1cc(OCCCCC(=O)O)cc(OC)c1C=O. The third-order valence-corrected chi connectivity index (χ3v) is 2.69. The summed E-state index contributed by atoms with van der Waals surface area (Å²) in [6.45, 7) is 0.389. The Kier molecular flexibility index (Phi) is 6.36. The molecule has 1 rings (SSSR count). The molecule has 0 fully saturated rings. The zero-order valence-electron chi connectivity index (χ0n) is 11.5. The van der Waals surface area contributed by atoms with Crippen molar-refractivity contribution in [2.45, 2.75) is 19.3 Å². The van der Waals surface area contributed by atoms with Gasteiger partial charge in [-0.1, -0.05) is 0 Å². The van der Waals surface area contributed by atoms with Crippen LogP contribution in [0, 0.1) is 0 Å². The van der Waals surface area contributed by atoms with Crippen LogP contribution in [-0.2, 0) is 4.79 Å². The number of aliphatic carboxylic acids is 1. The largest absolute Gasteiger partial charge is 0.496 e. The van der Waals surface area contributed by atoms with Gasteiger partial charge in [-0.15, -0.1) is 0 Å². The minimum atomic E-state index is -0.816. The van der Waals surface area contributed by atoms with E-state index in [-0.39, 0.29) is 6.42 Å². The molecule has 6 heteroatoms. The normalized spacial score (nSPS) is 9.90. The summed E-state index contributed by atoms with van der Waals surface area (Å²) in [4.78, 5) is 21.3. The summed E-state index contributed by atoms with van der Waals surface area (Å²) in [5.74, 6) is 0.447. The van der Waals surface area contributed by atoms with Gasteiger partial charge in [0.2, 0.25) is 0 Å². The van der Waals surface area contributed by atoms with Gasteiger partial charge in [0, 0.05) is 18.6 Å². The zero-order chi connectivity index (χ0) is 15.0. The van der Waals surface area contributed by atoms with Gasteiger partial charge >= 0.3 is 5.97 Å². The lowest BCUT2D eigenvalue weighted by Crippen LogP contribution is -2.02. The van der Waals surface area contributed by atoms with Crippen LogP contribution in [0.3, 0.4) is 0 Å². The Morgan fingerprint density at radius 3 is 2.25 bits per heavy atom. The van der Waals surface area contributed by atoms with Crippen LogP contribution in [0.4, 0.5) is 0 Å². The summed E-state index contributed by atoms with van der Waals surface area (Å²) in [5, 5.41) is 8.52. The first-order valence-electron chi connectivity index (χ1n) is 6.18. The van der Waals surface area contributed by atoms with Crippen molar-refractivity contribution in [2.75, 3.05) is 20.8 Å². The molecule has 0 spiro atoms. The molecule has 1 aromatic rings. The molecule has 0 saturated heterocycles. The quantitative estimate of drug-likeness (QED) is 0.552. The van der Waals surface area contributed by atoms with Gasteiger partial charge in [-0.2, -0.15) is 0 Å². The van der Waals surface area contributed by atoms with E-state index in [0.29, 0.717) is 48.5 Å². The molecule has 110 valence electrons. The van der Waals surface area contributed by atoms with E-state index >= 15 is 0 Å². The molecule has 0 aliphatic rings. The van der Waals surface area contributed by atoms with Crippen molar-refractivity contribution in [2.24, 2.45) is 0 Å². The number of carbonyl (C=O) groups is 2. The van der Waals surface area contributed by atoms with Gasteiger partial charge in [0.1, 0.15) is 17.2 Å². The second-order valence-electron chi connectivity index (χ2n) is 4.06. The van der Waals surface area contributed by atoms with Gasteiger partial charge in [0.05, 0.1) is 26.4 Å². The van der Waals surface area contributed by atoms with Crippen molar-refractivity contribution in [3.8, 4) is 17.2 Å². The van der Waals surface area contributed by atoms with Gasteiger partial charge in [-0.05, 0) is 12.8 Å². The predicted molar refractivity (Wildman–Crippen MR) is 71.9 cm³/mol. The van der Waals surface area contributed by atoms with Crippen LogP contribution in [0.15, 0.2) is 12.1 Å². The topological polar surface area (TPSA) is 82.1 Å². The molecular weight excluding hydrogens is 264 g/mol. The Bertz CT molecular complexity index is 444. The van der Waals surface area contributed by atoms with Gasteiger partial charge in [0.15, 0.2) is 6.29 Å². The standard InChI is InChI=1S/C14H18O6/c1-18-12-7-10(8-13(19-2)11(12)9-15)20-6-4-3-5-14(16)17/h7-9H,3-6H2,1-2H3,(H,16,17). The number of unbranched alkanes of at least 4 members (excludes halogenated alkanes) is 1. The molecule has 0 saturated carbocycles. The van der Waals surface area contributed by atoms with E-state index < -0.39 is 5.97 Å². The number of ether oxygens (including phenoxy) is 3. The molecular formula is C14H18O6. The second kappa shape index (κ2) is 8.04. The summed E-state index contributed by atoms with van der Waals surface area (Å²) in [5.41, 5.74) is 0.327. The molecule has 0 aliphatic carbocycles. The smallest absolute Gasteiger partial charge is 0.303 e. The Hall–Kier alpha value is -2.24. The zero-order valence-corrected chi connectivity index (χ0v) is 11.5. The van der Waals surface area contributed by atoms with Crippen LogP contribution >= 0.6 is 0 Å². The molecule has 1 aromatic carbocycles. The number of benzene rings is 1. The number of rotatable bonds is 9. The number of carboxylic acid groups (broad SMARTS) is 1. The maximum absolute atomic E-state index is 11.0. The monoisotopic (exact) mass is 282 g/mol. The highest BCUT2D eigenvalue weighted by Crippen LogP contribution is 2.32. The van der Waals surface area contributed by atoms with E-state index in [1.54, 1.807) is 12.1 Å². The summed E-state index contributed by atoms with van der Waals surface area (Å²) in [6, 6.07) is 3.20. The minimum Gasteiger partial charge on any atom is -0.496 e.